The van der Waals surface area contributed by atoms with Gasteiger partial charge in [0.25, 0.3) is 0 Å². The molecule has 0 saturated carbocycles. The van der Waals surface area contributed by atoms with Crippen LogP contribution < -0.4 is 10.6 Å². The number of carbonyl (C=O) groups is 2. The molecule has 0 aliphatic heterocycles. The minimum Gasteiger partial charge on any atom is -0.462 e. The molecular formula is C19H30N2O4. The first-order chi connectivity index (χ1) is 11.8. The molecule has 0 bridgehead atoms. The lowest BCUT2D eigenvalue weighted by atomic mass is 10.1. The van der Waals surface area contributed by atoms with Crippen LogP contribution in [-0.2, 0) is 25.5 Å². The molecule has 1 aromatic carbocycles. The van der Waals surface area contributed by atoms with E-state index < -0.39 is 23.7 Å². The molecule has 0 amide bonds. The molecule has 1 aromatic rings. The van der Waals surface area contributed by atoms with Crippen molar-refractivity contribution in [3.05, 3.63) is 35.9 Å². The number of benzene rings is 1. The maximum Gasteiger partial charge on any atom is 0.327 e. The zero-order valence-electron chi connectivity index (χ0n) is 15.8. The van der Waals surface area contributed by atoms with Gasteiger partial charge in [-0.2, -0.15) is 0 Å². The maximum absolute atomic E-state index is 12.3. The van der Waals surface area contributed by atoms with Crippen LogP contribution >= 0.6 is 0 Å². The van der Waals surface area contributed by atoms with Crippen LogP contribution in [0.3, 0.4) is 0 Å². The predicted octanol–water partition coefficient (Wildman–Crippen LogP) is 1.68. The van der Waals surface area contributed by atoms with Crippen LogP contribution in [-0.4, -0.2) is 50.3 Å². The average Bonchev–Trinajstić information content (AvgIpc) is 2.55. The largest absolute Gasteiger partial charge is 0.462 e. The summed E-state index contributed by atoms with van der Waals surface area (Å²) in [6, 6.07) is 8.85. The number of hydrogen-bond donors (Lipinski definition) is 2. The number of carbonyl (C=O) groups excluding carboxylic acids is 2. The lowest BCUT2D eigenvalue weighted by Gasteiger charge is -2.24. The molecule has 0 fully saturated rings. The topological polar surface area (TPSA) is 76.7 Å². The number of aryl methyl sites for hydroxylation is 1. The van der Waals surface area contributed by atoms with Crippen molar-refractivity contribution in [3.8, 4) is 0 Å². The lowest BCUT2D eigenvalue weighted by Crippen LogP contribution is -2.45. The number of ether oxygens (including phenoxy) is 2. The summed E-state index contributed by atoms with van der Waals surface area (Å²) in [4.78, 5) is 24.3. The highest BCUT2D eigenvalue weighted by atomic mass is 16.6. The molecule has 0 radical (unpaired) electrons. The van der Waals surface area contributed by atoms with Crippen molar-refractivity contribution in [3.63, 3.8) is 0 Å². The summed E-state index contributed by atoms with van der Waals surface area (Å²) in [6.45, 7) is 5.33. The van der Waals surface area contributed by atoms with Gasteiger partial charge in [0.2, 0.25) is 0 Å². The Kier molecular flexibility index (Phi) is 8.58. The van der Waals surface area contributed by atoms with Crippen LogP contribution in [0.5, 0.6) is 0 Å². The highest BCUT2D eigenvalue weighted by Gasteiger charge is 2.26. The van der Waals surface area contributed by atoms with Gasteiger partial charge in [-0.25, -0.2) is 0 Å². The van der Waals surface area contributed by atoms with Gasteiger partial charge in [0.1, 0.15) is 24.3 Å². The number of hydrogen-bond acceptors (Lipinski definition) is 6. The summed E-state index contributed by atoms with van der Waals surface area (Å²) in [5, 5.41) is 5.79. The Balaban J connectivity index is 2.49. The highest BCUT2D eigenvalue weighted by molar-refractivity contribution is 5.78. The lowest BCUT2D eigenvalue weighted by molar-refractivity contribution is -0.161. The van der Waals surface area contributed by atoms with Crippen molar-refractivity contribution in [2.45, 2.75) is 51.3 Å². The van der Waals surface area contributed by atoms with Crippen LogP contribution in [0.4, 0.5) is 0 Å². The summed E-state index contributed by atoms with van der Waals surface area (Å²) >= 11 is 0. The van der Waals surface area contributed by atoms with Crippen LogP contribution in [0, 0.1) is 0 Å². The van der Waals surface area contributed by atoms with Crippen LogP contribution in [0.25, 0.3) is 0 Å². The van der Waals surface area contributed by atoms with E-state index in [1.807, 2.05) is 30.3 Å². The van der Waals surface area contributed by atoms with E-state index in [4.69, 9.17) is 9.47 Å². The Morgan fingerprint density at radius 2 is 1.60 bits per heavy atom. The van der Waals surface area contributed by atoms with Gasteiger partial charge in [0.05, 0.1) is 0 Å². The van der Waals surface area contributed by atoms with Crippen LogP contribution in [0.2, 0.25) is 0 Å². The van der Waals surface area contributed by atoms with E-state index in [0.717, 1.165) is 12.0 Å². The molecule has 2 atom stereocenters. The summed E-state index contributed by atoms with van der Waals surface area (Å²) in [7, 11) is 3.35. The molecule has 0 saturated heterocycles. The number of esters is 2. The van der Waals surface area contributed by atoms with Gasteiger partial charge >= 0.3 is 11.9 Å². The Morgan fingerprint density at radius 1 is 1.00 bits per heavy atom. The standard InChI is InChI=1S/C19H30N2O4/c1-19(2,3)25-18(23)16(21-5)13-24-17(22)15(20-4)12-11-14-9-7-6-8-10-14/h6-10,15-16,20-21H,11-13H2,1-5H3. The third kappa shape index (κ3) is 8.14. The van der Waals surface area contributed by atoms with Crippen molar-refractivity contribution in [1.29, 1.82) is 0 Å². The van der Waals surface area contributed by atoms with E-state index >= 15 is 0 Å². The van der Waals surface area contributed by atoms with E-state index in [-0.39, 0.29) is 12.6 Å². The van der Waals surface area contributed by atoms with Crippen LogP contribution in [0.1, 0.15) is 32.8 Å². The molecule has 6 nitrogen and oxygen atoms in total. The van der Waals surface area contributed by atoms with Gasteiger partial charge in [0, 0.05) is 0 Å². The van der Waals surface area contributed by atoms with Gasteiger partial charge in [-0.3, -0.25) is 9.59 Å². The van der Waals surface area contributed by atoms with Gasteiger partial charge in [-0.15, -0.1) is 0 Å². The fraction of sp³-hybridized carbons (Fsp3) is 0.579. The number of nitrogens with one attached hydrogen (secondary N) is 2. The Morgan fingerprint density at radius 3 is 2.12 bits per heavy atom. The minimum atomic E-state index is -0.685. The molecule has 2 N–H and O–H groups in total. The number of rotatable bonds is 9. The van der Waals surface area contributed by atoms with Gasteiger partial charge < -0.3 is 20.1 Å². The molecular weight excluding hydrogens is 320 g/mol. The molecule has 0 aliphatic rings. The van der Waals surface area contributed by atoms with Crippen molar-refractivity contribution < 1.29 is 19.1 Å². The van der Waals surface area contributed by atoms with E-state index in [1.54, 1.807) is 34.9 Å². The third-order valence-corrected chi connectivity index (χ3v) is 3.63. The third-order valence-electron chi connectivity index (χ3n) is 3.63. The smallest absolute Gasteiger partial charge is 0.327 e. The van der Waals surface area contributed by atoms with Gasteiger partial charge in [-0.1, -0.05) is 30.3 Å². The van der Waals surface area contributed by atoms with Crippen molar-refractivity contribution in [2.24, 2.45) is 0 Å². The van der Waals surface area contributed by atoms with Crippen molar-refractivity contribution >= 4 is 11.9 Å². The normalized spacial score (nSPS) is 13.8. The Bertz CT molecular complexity index is 540. The molecule has 1 rings (SSSR count). The maximum atomic E-state index is 12.3. The van der Waals surface area contributed by atoms with E-state index in [2.05, 4.69) is 10.6 Å². The van der Waals surface area contributed by atoms with E-state index in [9.17, 15) is 9.59 Å². The van der Waals surface area contributed by atoms with E-state index in [0.29, 0.717) is 6.42 Å². The SMILES string of the molecule is CNC(CCc1ccccc1)C(=O)OCC(NC)C(=O)OC(C)(C)C. The Labute approximate surface area is 150 Å². The molecule has 0 aromatic heterocycles. The van der Waals surface area contributed by atoms with Gasteiger partial charge in [-0.05, 0) is 53.3 Å². The second-order valence-corrected chi connectivity index (χ2v) is 6.87. The molecule has 2 unspecified atom stereocenters. The summed E-state index contributed by atoms with van der Waals surface area (Å²) < 4.78 is 10.6. The van der Waals surface area contributed by atoms with E-state index in [1.165, 1.54) is 0 Å². The van der Waals surface area contributed by atoms with Gasteiger partial charge in [0.15, 0.2) is 0 Å². The molecule has 6 heteroatoms. The summed E-state index contributed by atoms with van der Waals surface area (Å²) in [6.07, 6.45) is 1.39. The first-order valence-electron chi connectivity index (χ1n) is 8.54. The minimum absolute atomic E-state index is 0.0617. The molecule has 140 valence electrons. The molecule has 0 heterocycles. The predicted molar refractivity (Wildman–Crippen MR) is 97.3 cm³/mol. The fourth-order valence-corrected chi connectivity index (χ4v) is 2.24. The Hall–Kier alpha value is -1.92. The zero-order valence-corrected chi connectivity index (χ0v) is 15.8. The average molecular weight is 350 g/mol. The zero-order chi connectivity index (χ0) is 18.9. The summed E-state index contributed by atoms with van der Waals surface area (Å²) in [5.41, 5.74) is 0.580. The molecule has 0 spiro atoms. The summed E-state index contributed by atoms with van der Waals surface area (Å²) in [5.74, 6) is -0.810. The first-order valence-corrected chi connectivity index (χ1v) is 8.54. The molecule has 25 heavy (non-hydrogen) atoms. The van der Waals surface area contributed by atoms with Crippen LogP contribution in [0.15, 0.2) is 30.3 Å². The van der Waals surface area contributed by atoms with Crippen molar-refractivity contribution in [1.82, 2.24) is 10.6 Å². The fourth-order valence-electron chi connectivity index (χ4n) is 2.24. The monoisotopic (exact) mass is 350 g/mol. The van der Waals surface area contributed by atoms with Crippen molar-refractivity contribution in [2.75, 3.05) is 20.7 Å². The second-order valence-electron chi connectivity index (χ2n) is 6.87. The highest BCUT2D eigenvalue weighted by Crippen LogP contribution is 2.09. The quantitative estimate of drug-likeness (QED) is 0.660. The molecule has 0 aliphatic carbocycles. The first kappa shape index (κ1) is 21.1. The number of likely N-dealkylation sites (N-methyl/N-ethyl adjacent to an activating group) is 2. The second kappa shape index (κ2) is 10.2.